The van der Waals surface area contributed by atoms with E-state index in [9.17, 15) is 4.79 Å². The SMILES string of the molecule is CCN(CC)c1ccc(/C=C2/C(=N)N3N=C(COc4ccccc4C)SC3=NC2=O)cc1. The number of aliphatic imine (C=N–C) groups is 1. The third-order valence-corrected chi connectivity index (χ3v) is 6.16. The number of ether oxygens (including phenoxy) is 1. The van der Waals surface area contributed by atoms with Gasteiger partial charge in [-0.3, -0.25) is 10.2 Å². The van der Waals surface area contributed by atoms with Gasteiger partial charge in [0.15, 0.2) is 5.84 Å². The topological polar surface area (TPSA) is 81.3 Å². The van der Waals surface area contributed by atoms with Crippen molar-refractivity contribution in [1.29, 1.82) is 5.41 Å². The summed E-state index contributed by atoms with van der Waals surface area (Å²) in [7, 11) is 0. The van der Waals surface area contributed by atoms with Crippen molar-refractivity contribution in [3.05, 3.63) is 65.2 Å². The monoisotopic (exact) mass is 447 g/mol. The van der Waals surface area contributed by atoms with Crippen molar-refractivity contribution < 1.29 is 9.53 Å². The molecule has 7 nitrogen and oxygen atoms in total. The van der Waals surface area contributed by atoms with Crippen LogP contribution in [0.4, 0.5) is 5.69 Å². The van der Waals surface area contributed by atoms with E-state index in [1.165, 1.54) is 16.8 Å². The van der Waals surface area contributed by atoms with Crippen molar-refractivity contribution in [3.63, 3.8) is 0 Å². The molecule has 8 heteroatoms. The summed E-state index contributed by atoms with van der Waals surface area (Å²) in [5.74, 6) is 0.367. The molecule has 32 heavy (non-hydrogen) atoms. The van der Waals surface area contributed by atoms with Crippen LogP contribution in [-0.2, 0) is 4.79 Å². The highest BCUT2D eigenvalue weighted by Gasteiger charge is 2.35. The fraction of sp³-hybridized carbons (Fsp3) is 0.250. The minimum Gasteiger partial charge on any atom is -0.486 e. The Morgan fingerprint density at radius 3 is 2.53 bits per heavy atom. The number of aryl methyl sites for hydroxylation is 1. The number of benzene rings is 2. The van der Waals surface area contributed by atoms with Crippen LogP contribution in [0.25, 0.3) is 6.08 Å². The number of anilines is 1. The van der Waals surface area contributed by atoms with E-state index in [1.54, 1.807) is 6.08 Å². The maximum atomic E-state index is 12.6. The summed E-state index contributed by atoms with van der Waals surface area (Å²) in [6.07, 6.45) is 1.69. The van der Waals surface area contributed by atoms with Gasteiger partial charge in [-0.25, -0.2) is 0 Å². The van der Waals surface area contributed by atoms with E-state index < -0.39 is 5.91 Å². The molecule has 0 fully saturated rings. The van der Waals surface area contributed by atoms with E-state index in [1.807, 2.05) is 55.5 Å². The lowest BCUT2D eigenvalue weighted by Gasteiger charge is -2.21. The van der Waals surface area contributed by atoms with Gasteiger partial charge in [-0.05, 0) is 67.9 Å². The Morgan fingerprint density at radius 1 is 1.12 bits per heavy atom. The number of nitrogens with one attached hydrogen (secondary N) is 1. The molecule has 164 valence electrons. The van der Waals surface area contributed by atoms with Crippen molar-refractivity contribution in [2.45, 2.75) is 20.8 Å². The fourth-order valence-corrected chi connectivity index (χ4v) is 4.28. The van der Waals surface area contributed by atoms with Gasteiger partial charge >= 0.3 is 0 Å². The zero-order valence-electron chi connectivity index (χ0n) is 18.3. The number of rotatable bonds is 7. The molecule has 1 N–H and O–H groups in total. The lowest BCUT2D eigenvalue weighted by atomic mass is 10.1. The molecule has 2 aromatic carbocycles. The van der Waals surface area contributed by atoms with Crippen molar-refractivity contribution in [2.24, 2.45) is 10.1 Å². The van der Waals surface area contributed by atoms with Gasteiger partial charge in [0, 0.05) is 18.8 Å². The number of carbonyl (C=O) groups excluding carboxylic acids is 1. The van der Waals surface area contributed by atoms with Crippen LogP contribution in [-0.4, -0.2) is 46.7 Å². The summed E-state index contributed by atoms with van der Waals surface area (Å²) in [5.41, 5.74) is 3.22. The first-order valence-electron chi connectivity index (χ1n) is 10.5. The Hall–Kier alpha value is -3.39. The standard InChI is InChI=1S/C24H25N5O2S/c1-4-28(5-2)18-12-10-17(11-13-18)14-19-22(25)29-24(26-23(19)30)32-21(27-29)15-31-20-9-7-6-8-16(20)3/h6-14,25H,4-5,15H2,1-3H3/b19-14-,25-22?. The Kier molecular flexibility index (Phi) is 6.41. The summed E-state index contributed by atoms with van der Waals surface area (Å²) < 4.78 is 5.85. The molecule has 0 unspecified atom stereocenters. The predicted octanol–water partition coefficient (Wildman–Crippen LogP) is 4.54. The molecule has 0 atom stereocenters. The number of hydrogen-bond donors (Lipinski definition) is 1. The van der Waals surface area contributed by atoms with Gasteiger partial charge in [-0.1, -0.05) is 30.3 Å². The molecule has 1 amide bonds. The summed E-state index contributed by atoms with van der Waals surface area (Å²) in [5, 5.41) is 15.4. The Morgan fingerprint density at radius 2 is 1.84 bits per heavy atom. The largest absolute Gasteiger partial charge is 0.486 e. The van der Waals surface area contributed by atoms with E-state index in [0.29, 0.717) is 10.2 Å². The van der Waals surface area contributed by atoms with Crippen LogP contribution in [0.15, 0.2) is 64.2 Å². The van der Waals surface area contributed by atoms with Gasteiger partial charge in [0.2, 0.25) is 5.17 Å². The van der Waals surface area contributed by atoms with Crippen LogP contribution in [0.5, 0.6) is 5.75 Å². The van der Waals surface area contributed by atoms with E-state index in [0.717, 1.165) is 35.7 Å². The number of para-hydroxylation sites is 1. The molecule has 0 aromatic heterocycles. The third-order valence-electron chi connectivity index (χ3n) is 5.27. The van der Waals surface area contributed by atoms with Crippen LogP contribution in [0.3, 0.4) is 0 Å². The molecule has 0 saturated carbocycles. The van der Waals surface area contributed by atoms with E-state index >= 15 is 0 Å². The first kappa shape index (κ1) is 21.8. The van der Waals surface area contributed by atoms with Gasteiger partial charge in [0.25, 0.3) is 5.91 Å². The first-order chi connectivity index (χ1) is 15.5. The Labute approximate surface area is 192 Å². The van der Waals surface area contributed by atoms with Crippen LogP contribution in [0.2, 0.25) is 0 Å². The quantitative estimate of drug-likeness (QED) is 0.630. The molecule has 2 aliphatic heterocycles. The van der Waals surface area contributed by atoms with Gasteiger partial charge in [0.05, 0.1) is 5.57 Å². The van der Waals surface area contributed by atoms with Gasteiger partial charge in [-0.15, -0.1) is 0 Å². The first-order valence-corrected chi connectivity index (χ1v) is 11.3. The van der Waals surface area contributed by atoms with Crippen molar-refractivity contribution >= 4 is 45.5 Å². The summed E-state index contributed by atoms with van der Waals surface area (Å²) >= 11 is 1.25. The molecule has 0 radical (unpaired) electrons. The van der Waals surface area contributed by atoms with Crippen LogP contribution < -0.4 is 9.64 Å². The molecule has 2 heterocycles. The van der Waals surface area contributed by atoms with Crippen molar-refractivity contribution in [2.75, 3.05) is 24.6 Å². The normalized spacial score (nSPS) is 16.7. The zero-order chi connectivity index (χ0) is 22.7. The van der Waals surface area contributed by atoms with Gasteiger partial charge < -0.3 is 9.64 Å². The number of amidine groups is 2. The lowest BCUT2D eigenvalue weighted by Crippen LogP contribution is -2.35. The number of nitrogens with zero attached hydrogens (tertiary/aromatic N) is 4. The second-order valence-electron chi connectivity index (χ2n) is 7.33. The highest BCUT2D eigenvalue weighted by Crippen LogP contribution is 2.29. The summed E-state index contributed by atoms with van der Waals surface area (Å²) in [6, 6.07) is 15.7. The van der Waals surface area contributed by atoms with Crippen LogP contribution in [0.1, 0.15) is 25.0 Å². The Bertz CT molecular complexity index is 1130. The van der Waals surface area contributed by atoms with Crippen LogP contribution in [0, 0.1) is 12.3 Å². The molecule has 2 aliphatic rings. The summed E-state index contributed by atoms with van der Waals surface area (Å²) in [6.45, 7) is 8.32. The number of thioether (sulfide) groups is 1. The number of hydrazone groups is 1. The molecule has 2 aromatic rings. The molecule has 0 saturated heterocycles. The van der Waals surface area contributed by atoms with Gasteiger partial charge in [0.1, 0.15) is 17.4 Å². The molecular formula is C24H25N5O2S. The van der Waals surface area contributed by atoms with Gasteiger partial charge in [-0.2, -0.15) is 15.1 Å². The van der Waals surface area contributed by atoms with E-state index in [2.05, 4.69) is 28.8 Å². The maximum Gasteiger partial charge on any atom is 0.283 e. The molecule has 0 spiro atoms. The average Bonchev–Trinajstić information content (AvgIpc) is 3.21. The van der Waals surface area contributed by atoms with E-state index in [4.69, 9.17) is 10.1 Å². The third kappa shape index (κ3) is 4.45. The number of hydrogen-bond acceptors (Lipinski definition) is 6. The van der Waals surface area contributed by atoms with E-state index in [-0.39, 0.29) is 18.0 Å². The summed E-state index contributed by atoms with van der Waals surface area (Å²) in [4.78, 5) is 19.0. The number of carbonyl (C=O) groups is 1. The highest BCUT2D eigenvalue weighted by atomic mass is 32.2. The second-order valence-corrected chi connectivity index (χ2v) is 8.37. The fourth-order valence-electron chi connectivity index (χ4n) is 3.48. The van der Waals surface area contributed by atoms with Crippen LogP contribution >= 0.6 is 11.8 Å². The molecule has 0 bridgehead atoms. The Balaban J connectivity index is 1.50. The van der Waals surface area contributed by atoms with Crippen molar-refractivity contribution in [3.8, 4) is 5.75 Å². The minimum absolute atomic E-state index is 0.0196. The average molecular weight is 448 g/mol. The molecule has 0 aliphatic carbocycles. The lowest BCUT2D eigenvalue weighted by molar-refractivity contribution is -0.114. The highest BCUT2D eigenvalue weighted by molar-refractivity contribution is 8.27. The number of fused-ring (bicyclic) bond motifs is 1. The molecule has 4 rings (SSSR count). The minimum atomic E-state index is -0.433. The predicted molar refractivity (Wildman–Crippen MR) is 132 cm³/mol. The number of amides is 1. The smallest absolute Gasteiger partial charge is 0.283 e. The molecular weight excluding hydrogens is 422 g/mol. The maximum absolute atomic E-state index is 12.6. The second kappa shape index (κ2) is 9.40. The zero-order valence-corrected chi connectivity index (χ0v) is 19.1. The van der Waals surface area contributed by atoms with Crippen molar-refractivity contribution in [1.82, 2.24) is 5.01 Å².